The van der Waals surface area contributed by atoms with Crippen LogP contribution in [0.4, 0.5) is 5.82 Å². The van der Waals surface area contributed by atoms with Crippen LogP contribution in [0.3, 0.4) is 0 Å². The lowest BCUT2D eigenvalue weighted by atomic mass is 10.1. The zero-order chi connectivity index (χ0) is 13.7. The van der Waals surface area contributed by atoms with Crippen molar-refractivity contribution in [2.24, 2.45) is 0 Å². The number of pyridine rings is 1. The van der Waals surface area contributed by atoms with Crippen LogP contribution in [0.1, 0.15) is 54.7 Å². The van der Waals surface area contributed by atoms with E-state index in [0.717, 1.165) is 44.3 Å². The van der Waals surface area contributed by atoms with Crippen molar-refractivity contribution < 1.29 is 9.53 Å². The molecular weight excluding hydrogens is 240 g/mol. The molecule has 2 rings (SSSR count). The standard InChI is InChI=1S/C15H22N2O2/c1-3-5-9-16-14-12(15(18)19-4-2)10-11-7-6-8-13(11)17-14/h10H,3-9H2,1-2H3,(H,16,17). The summed E-state index contributed by atoms with van der Waals surface area (Å²) in [5.74, 6) is 0.413. The number of nitrogens with one attached hydrogen (secondary N) is 1. The molecule has 1 aliphatic rings. The summed E-state index contributed by atoms with van der Waals surface area (Å²) in [5.41, 5.74) is 2.91. The molecule has 1 aliphatic carbocycles. The number of ether oxygens (including phenoxy) is 1. The minimum atomic E-state index is -0.274. The monoisotopic (exact) mass is 262 g/mol. The predicted octanol–water partition coefficient (Wildman–Crippen LogP) is 2.96. The SMILES string of the molecule is CCCCNc1nc2c(cc1C(=O)OCC)CCC2. The Morgan fingerprint density at radius 1 is 1.42 bits per heavy atom. The maximum absolute atomic E-state index is 12.0. The van der Waals surface area contributed by atoms with Gasteiger partial charge in [0, 0.05) is 12.2 Å². The van der Waals surface area contributed by atoms with E-state index in [0.29, 0.717) is 18.0 Å². The van der Waals surface area contributed by atoms with Gasteiger partial charge in [-0.05, 0) is 44.2 Å². The lowest BCUT2D eigenvalue weighted by Gasteiger charge is -2.12. The highest BCUT2D eigenvalue weighted by Gasteiger charge is 2.20. The molecule has 1 N–H and O–H groups in total. The molecule has 0 radical (unpaired) electrons. The van der Waals surface area contributed by atoms with E-state index in [-0.39, 0.29) is 5.97 Å². The number of rotatable bonds is 6. The topological polar surface area (TPSA) is 51.2 Å². The second kappa shape index (κ2) is 6.55. The minimum absolute atomic E-state index is 0.274. The number of fused-ring (bicyclic) bond motifs is 1. The molecule has 4 heteroatoms. The van der Waals surface area contributed by atoms with E-state index in [1.807, 2.05) is 13.0 Å². The van der Waals surface area contributed by atoms with Gasteiger partial charge in [-0.3, -0.25) is 0 Å². The summed E-state index contributed by atoms with van der Waals surface area (Å²) in [6.45, 7) is 5.20. The number of aryl methyl sites for hydroxylation is 2. The van der Waals surface area contributed by atoms with Crippen LogP contribution in [0, 0.1) is 0 Å². The van der Waals surface area contributed by atoms with Gasteiger partial charge in [0.25, 0.3) is 0 Å². The normalized spacial score (nSPS) is 13.2. The first-order valence-corrected chi connectivity index (χ1v) is 7.20. The molecule has 1 aromatic rings. The summed E-state index contributed by atoms with van der Waals surface area (Å²) in [7, 11) is 0. The van der Waals surface area contributed by atoms with Gasteiger partial charge in [-0.15, -0.1) is 0 Å². The number of esters is 1. The van der Waals surface area contributed by atoms with Crippen molar-refractivity contribution in [3.8, 4) is 0 Å². The molecule has 0 spiro atoms. The number of unbranched alkanes of at least 4 members (excludes halogenated alkanes) is 1. The zero-order valence-corrected chi connectivity index (χ0v) is 11.8. The van der Waals surface area contributed by atoms with Crippen LogP contribution in [0.15, 0.2) is 6.07 Å². The predicted molar refractivity (Wildman–Crippen MR) is 75.6 cm³/mol. The molecule has 0 amide bonds. The number of hydrogen-bond donors (Lipinski definition) is 1. The zero-order valence-electron chi connectivity index (χ0n) is 11.8. The first-order chi connectivity index (χ1) is 9.26. The van der Waals surface area contributed by atoms with Gasteiger partial charge < -0.3 is 10.1 Å². The molecule has 0 saturated heterocycles. The second-order valence-electron chi connectivity index (χ2n) is 4.84. The van der Waals surface area contributed by atoms with E-state index in [4.69, 9.17) is 4.74 Å². The van der Waals surface area contributed by atoms with Crippen LogP contribution in [0.2, 0.25) is 0 Å². The Labute approximate surface area is 114 Å². The minimum Gasteiger partial charge on any atom is -0.462 e. The van der Waals surface area contributed by atoms with Crippen molar-refractivity contribution in [1.82, 2.24) is 4.98 Å². The van der Waals surface area contributed by atoms with E-state index in [1.54, 1.807) is 0 Å². The lowest BCUT2D eigenvalue weighted by molar-refractivity contribution is 0.0527. The van der Waals surface area contributed by atoms with Gasteiger partial charge in [0.1, 0.15) is 11.4 Å². The first kappa shape index (κ1) is 13.8. The Morgan fingerprint density at radius 3 is 3.00 bits per heavy atom. The lowest BCUT2D eigenvalue weighted by Crippen LogP contribution is -2.13. The van der Waals surface area contributed by atoms with Gasteiger partial charge in [-0.1, -0.05) is 13.3 Å². The van der Waals surface area contributed by atoms with Gasteiger partial charge in [-0.25, -0.2) is 9.78 Å². The second-order valence-corrected chi connectivity index (χ2v) is 4.84. The van der Waals surface area contributed by atoms with Gasteiger partial charge >= 0.3 is 5.97 Å². The van der Waals surface area contributed by atoms with Gasteiger partial charge in [0.15, 0.2) is 0 Å². The largest absolute Gasteiger partial charge is 0.462 e. The van der Waals surface area contributed by atoms with Crippen LogP contribution in [-0.4, -0.2) is 24.1 Å². The molecule has 19 heavy (non-hydrogen) atoms. The van der Waals surface area contributed by atoms with E-state index in [1.165, 1.54) is 5.56 Å². The fourth-order valence-electron chi connectivity index (χ4n) is 2.35. The van der Waals surface area contributed by atoms with E-state index in [9.17, 15) is 4.79 Å². The number of anilines is 1. The van der Waals surface area contributed by atoms with Crippen LogP contribution in [-0.2, 0) is 17.6 Å². The number of carbonyl (C=O) groups excluding carboxylic acids is 1. The van der Waals surface area contributed by atoms with Crippen molar-refractivity contribution in [3.63, 3.8) is 0 Å². The Hall–Kier alpha value is -1.58. The smallest absolute Gasteiger partial charge is 0.341 e. The molecule has 1 heterocycles. The van der Waals surface area contributed by atoms with Crippen LogP contribution < -0.4 is 5.32 Å². The quantitative estimate of drug-likeness (QED) is 0.632. The summed E-state index contributed by atoms with van der Waals surface area (Å²) in [6.07, 6.45) is 5.35. The van der Waals surface area contributed by atoms with Crippen molar-refractivity contribution in [3.05, 3.63) is 22.9 Å². The fraction of sp³-hybridized carbons (Fsp3) is 0.600. The summed E-state index contributed by atoms with van der Waals surface area (Å²) in [4.78, 5) is 16.6. The van der Waals surface area contributed by atoms with Crippen molar-refractivity contribution >= 4 is 11.8 Å². The molecule has 1 aromatic heterocycles. The fourth-order valence-corrected chi connectivity index (χ4v) is 2.35. The van der Waals surface area contributed by atoms with Crippen molar-refractivity contribution in [2.45, 2.75) is 46.0 Å². The molecule has 0 fully saturated rings. The van der Waals surface area contributed by atoms with Gasteiger partial charge in [-0.2, -0.15) is 0 Å². The molecule has 0 atom stereocenters. The Morgan fingerprint density at radius 2 is 2.26 bits per heavy atom. The number of hydrogen-bond acceptors (Lipinski definition) is 4. The molecule has 0 aliphatic heterocycles. The maximum Gasteiger partial charge on any atom is 0.341 e. The highest BCUT2D eigenvalue weighted by molar-refractivity contribution is 5.95. The van der Waals surface area contributed by atoms with E-state index < -0.39 is 0 Å². The molecule has 0 unspecified atom stereocenters. The number of aromatic nitrogens is 1. The Kier molecular flexibility index (Phi) is 4.77. The van der Waals surface area contributed by atoms with Crippen LogP contribution >= 0.6 is 0 Å². The average molecular weight is 262 g/mol. The van der Waals surface area contributed by atoms with Gasteiger partial charge in [0.05, 0.1) is 6.61 Å². The molecule has 104 valence electrons. The Balaban J connectivity index is 2.24. The summed E-state index contributed by atoms with van der Waals surface area (Å²) >= 11 is 0. The van der Waals surface area contributed by atoms with E-state index in [2.05, 4.69) is 17.2 Å². The first-order valence-electron chi connectivity index (χ1n) is 7.20. The highest BCUT2D eigenvalue weighted by atomic mass is 16.5. The third kappa shape index (κ3) is 3.25. The molecule has 0 bridgehead atoms. The average Bonchev–Trinajstić information content (AvgIpc) is 2.85. The van der Waals surface area contributed by atoms with Crippen molar-refractivity contribution in [1.29, 1.82) is 0 Å². The van der Waals surface area contributed by atoms with Crippen LogP contribution in [0.25, 0.3) is 0 Å². The molecular formula is C15H22N2O2. The summed E-state index contributed by atoms with van der Waals surface area (Å²) in [6, 6.07) is 1.96. The third-order valence-corrected chi connectivity index (χ3v) is 3.37. The third-order valence-electron chi connectivity index (χ3n) is 3.37. The Bertz CT molecular complexity index is 458. The van der Waals surface area contributed by atoms with Crippen molar-refractivity contribution in [2.75, 3.05) is 18.5 Å². The highest BCUT2D eigenvalue weighted by Crippen LogP contribution is 2.26. The van der Waals surface area contributed by atoms with Crippen LogP contribution in [0.5, 0.6) is 0 Å². The number of carbonyl (C=O) groups is 1. The summed E-state index contributed by atoms with van der Waals surface area (Å²) < 4.78 is 5.12. The summed E-state index contributed by atoms with van der Waals surface area (Å²) in [5, 5.41) is 3.27. The van der Waals surface area contributed by atoms with Gasteiger partial charge in [0.2, 0.25) is 0 Å². The van der Waals surface area contributed by atoms with E-state index >= 15 is 0 Å². The number of nitrogens with zero attached hydrogens (tertiary/aromatic N) is 1. The molecule has 0 saturated carbocycles. The molecule has 0 aromatic carbocycles. The molecule has 4 nitrogen and oxygen atoms in total. The maximum atomic E-state index is 12.0.